The van der Waals surface area contributed by atoms with Crippen LogP contribution in [0.25, 0.3) is 0 Å². The van der Waals surface area contributed by atoms with Crippen LogP contribution in [0.2, 0.25) is 0 Å². The number of methoxy groups -OCH3 is 1. The first-order chi connectivity index (χ1) is 11.4. The summed E-state index contributed by atoms with van der Waals surface area (Å²) in [6.45, 7) is -0.0830. The van der Waals surface area contributed by atoms with Crippen LogP contribution in [0.5, 0.6) is 11.5 Å². The molecule has 2 rings (SSSR count). The summed E-state index contributed by atoms with van der Waals surface area (Å²) in [7, 11) is 1.39. The molecule has 0 bridgehead atoms. The molecule has 1 saturated heterocycles. The van der Waals surface area contributed by atoms with Gasteiger partial charge in [0.15, 0.2) is 17.6 Å². The van der Waals surface area contributed by atoms with Gasteiger partial charge in [-0.2, -0.15) is 0 Å². The monoisotopic (exact) mass is 344 g/mol. The molecule has 1 aromatic carbocycles. The standard InChI is InChI=1S/C15H20O9/c1-22-8-3-2-7(4-5-16)6-9(8)23-15-12(19)10(17)11(18)13(24-15)14(20)21/h2-3,6,10-13,15-19H,4-5H2,1H3,(H,20,21). The van der Waals surface area contributed by atoms with E-state index >= 15 is 0 Å². The maximum Gasteiger partial charge on any atom is 0.335 e. The van der Waals surface area contributed by atoms with E-state index in [9.17, 15) is 20.1 Å². The van der Waals surface area contributed by atoms with Gasteiger partial charge in [0.25, 0.3) is 0 Å². The second kappa shape index (κ2) is 7.77. The normalized spacial score (nSPS) is 30.0. The Morgan fingerprint density at radius 1 is 1.17 bits per heavy atom. The number of carboxylic acids is 1. The summed E-state index contributed by atoms with van der Waals surface area (Å²) >= 11 is 0. The van der Waals surface area contributed by atoms with Crippen molar-refractivity contribution in [3.63, 3.8) is 0 Å². The molecule has 1 fully saturated rings. The highest BCUT2D eigenvalue weighted by molar-refractivity contribution is 5.73. The van der Waals surface area contributed by atoms with Crippen molar-refractivity contribution < 1.29 is 44.5 Å². The minimum atomic E-state index is -1.79. The molecule has 134 valence electrons. The largest absolute Gasteiger partial charge is 0.493 e. The molecule has 5 N–H and O–H groups in total. The molecule has 9 nitrogen and oxygen atoms in total. The summed E-state index contributed by atoms with van der Waals surface area (Å²) in [5.74, 6) is -1.07. The molecular formula is C15H20O9. The van der Waals surface area contributed by atoms with Crippen molar-refractivity contribution in [3.8, 4) is 11.5 Å². The van der Waals surface area contributed by atoms with Gasteiger partial charge in [-0.1, -0.05) is 6.07 Å². The van der Waals surface area contributed by atoms with Crippen LogP contribution in [0.15, 0.2) is 18.2 Å². The average Bonchev–Trinajstić information content (AvgIpc) is 2.55. The number of hydrogen-bond donors (Lipinski definition) is 5. The Morgan fingerprint density at radius 2 is 1.88 bits per heavy atom. The molecule has 0 aromatic heterocycles. The Kier molecular flexibility index (Phi) is 5.97. The van der Waals surface area contributed by atoms with Gasteiger partial charge in [-0.25, -0.2) is 4.79 Å². The first-order valence-electron chi connectivity index (χ1n) is 7.26. The second-order valence-electron chi connectivity index (χ2n) is 5.31. The van der Waals surface area contributed by atoms with E-state index in [-0.39, 0.29) is 12.4 Å². The predicted molar refractivity (Wildman–Crippen MR) is 78.7 cm³/mol. The number of benzene rings is 1. The highest BCUT2D eigenvalue weighted by Crippen LogP contribution is 2.32. The van der Waals surface area contributed by atoms with Crippen molar-refractivity contribution in [3.05, 3.63) is 23.8 Å². The Morgan fingerprint density at radius 3 is 2.46 bits per heavy atom. The maximum absolute atomic E-state index is 11.1. The number of hydrogen-bond acceptors (Lipinski definition) is 8. The Balaban J connectivity index is 2.25. The highest BCUT2D eigenvalue weighted by Gasteiger charge is 2.48. The van der Waals surface area contributed by atoms with Crippen LogP contribution in [0, 0.1) is 0 Å². The van der Waals surface area contributed by atoms with Gasteiger partial charge in [-0.3, -0.25) is 0 Å². The van der Waals surface area contributed by atoms with E-state index in [1.807, 2.05) is 0 Å². The van der Waals surface area contributed by atoms with Crippen LogP contribution in [0.4, 0.5) is 0 Å². The zero-order chi connectivity index (χ0) is 17.9. The van der Waals surface area contributed by atoms with Crippen molar-refractivity contribution in [2.75, 3.05) is 13.7 Å². The third-order valence-electron chi connectivity index (χ3n) is 3.68. The van der Waals surface area contributed by atoms with Crippen LogP contribution in [0.3, 0.4) is 0 Å². The summed E-state index contributed by atoms with van der Waals surface area (Å²) in [5.41, 5.74) is 0.717. The minimum Gasteiger partial charge on any atom is -0.493 e. The molecule has 1 aromatic rings. The Hall–Kier alpha value is -1.91. The number of aliphatic carboxylic acids is 1. The van der Waals surface area contributed by atoms with E-state index in [0.29, 0.717) is 17.7 Å². The van der Waals surface area contributed by atoms with Gasteiger partial charge in [-0.15, -0.1) is 0 Å². The second-order valence-corrected chi connectivity index (χ2v) is 5.31. The lowest BCUT2D eigenvalue weighted by atomic mass is 9.99. The van der Waals surface area contributed by atoms with Crippen molar-refractivity contribution in [2.24, 2.45) is 0 Å². The zero-order valence-electron chi connectivity index (χ0n) is 12.9. The Labute approximate surface area is 137 Å². The number of rotatable bonds is 6. The van der Waals surface area contributed by atoms with E-state index < -0.39 is 36.7 Å². The molecule has 0 aliphatic carbocycles. The summed E-state index contributed by atoms with van der Waals surface area (Å²) < 4.78 is 15.6. The van der Waals surface area contributed by atoms with Crippen molar-refractivity contribution in [1.29, 1.82) is 0 Å². The molecule has 0 spiro atoms. The molecule has 5 atom stereocenters. The van der Waals surface area contributed by atoms with Gasteiger partial charge in [0, 0.05) is 6.61 Å². The van der Waals surface area contributed by atoms with E-state index in [1.54, 1.807) is 18.2 Å². The first kappa shape index (κ1) is 18.4. The summed E-state index contributed by atoms with van der Waals surface area (Å²) in [4.78, 5) is 11.1. The third-order valence-corrected chi connectivity index (χ3v) is 3.68. The fourth-order valence-electron chi connectivity index (χ4n) is 2.37. The van der Waals surface area contributed by atoms with Gasteiger partial charge < -0.3 is 39.7 Å². The molecule has 5 unspecified atom stereocenters. The quantitative estimate of drug-likeness (QED) is 0.416. The number of carbonyl (C=O) groups is 1. The Bertz CT molecular complexity index is 576. The van der Waals surface area contributed by atoms with Crippen LogP contribution in [-0.4, -0.2) is 75.9 Å². The molecular weight excluding hydrogens is 324 g/mol. The van der Waals surface area contributed by atoms with Gasteiger partial charge in [0.05, 0.1) is 7.11 Å². The summed E-state index contributed by atoms with van der Waals surface area (Å²) in [6.07, 6.45) is -8.13. The fraction of sp³-hybridized carbons (Fsp3) is 0.533. The van der Waals surface area contributed by atoms with Crippen LogP contribution < -0.4 is 9.47 Å². The van der Waals surface area contributed by atoms with Crippen LogP contribution in [0.1, 0.15) is 5.56 Å². The fourth-order valence-corrected chi connectivity index (χ4v) is 2.37. The highest BCUT2D eigenvalue weighted by atomic mass is 16.7. The smallest absolute Gasteiger partial charge is 0.335 e. The van der Waals surface area contributed by atoms with E-state index in [2.05, 4.69) is 0 Å². The van der Waals surface area contributed by atoms with Gasteiger partial charge in [-0.05, 0) is 24.1 Å². The molecule has 24 heavy (non-hydrogen) atoms. The van der Waals surface area contributed by atoms with Gasteiger partial charge >= 0.3 is 5.97 Å². The van der Waals surface area contributed by atoms with Crippen molar-refractivity contribution >= 4 is 5.97 Å². The topological polar surface area (TPSA) is 146 Å². The summed E-state index contributed by atoms with van der Waals surface area (Å²) in [6, 6.07) is 4.83. The van der Waals surface area contributed by atoms with Crippen molar-refractivity contribution in [1.82, 2.24) is 0 Å². The lowest BCUT2D eigenvalue weighted by molar-refractivity contribution is -0.271. The molecule has 1 aliphatic heterocycles. The number of ether oxygens (including phenoxy) is 3. The van der Waals surface area contributed by atoms with Crippen molar-refractivity contribution in [2.45, 2.75) is 37.1 Å². The van der Waals surface area contributed by atoms with E-state index in [1.165, 1.54) is 7.11 Å². The summed E-state index contributed by atoms with van der Waals surface area (Å²) in [5, 5.41) is 47.4. The number of carboxylic acid groups (broad SMARTS) is 1. The van der Waals surface area contributed by atoms with Crippen LogP contribution in [-0.2, 0) is 16.0 Å². The van der Waals surface area contributed by atoms with Gasteiger partial charge in [0.1, 0.15) is 18.3 Å². The maximum atomic E-state index is 11.1. The predicted octanol–water partition coefficient (Wildman–Crippen LogP) is -1.50. The molecule has 0 saturated carbocycles. The lowest BCUT2D eigenvalue weighted by Gasteiger charge is -2.38. The zero-order valence-corrected chi connectivity index (χ0v) is 12.9. The molecule has 1 aliphatic rings. The minimum absolute atomic E-state index is 0.0830. The third kappa shape index (κ3) is 3.77. The number of aliphatic hydroxyl groups is 4. The molecule has 1 heterocycles. The molecule has 0 amide bonds. The first-order valence-corrected chi connectivity index (χ1v) is 7.26. The van der Waals surface area contributed by atoms with Gasteiger partial charge in [0.2, 0.25) is 6.29 Å². The van der Waals surface area contributed by atoms with Crippen LogP contribution >= 0.6 is 0 Å². The lowest BCUT2D eigenvalue weighted by Crippen LogP contribution is -2.61. The average molecular weight is 344 g/mol. The molecule has 0 radical (unpaired) electrons. The SMILES string of the molecule is COc1ccc(CCO)cc1OC1OC(C(=O)O)C(O)C(O)C1O. The van der Waals surface area contributed by atoms with E-state index in [0.717, 1.165) is 0 Å². The molecule has 9 heteroatoms. The number of aliphatic hydroxyl groups excluding tert-OH is 4. The van der Waals surface area contributed by atoms with E-state index in [4.69, 9.17) is 24.4 Å².